The van der Waals surface area contributed by atoms with Crippen LogP contribution >= 0.6 is 0 Å². The number of hydrogen-bond acceptors (Lipinski definition) is 2. The van der Waals surface area contributed by atoms with Crippen LogP contribution in [-0.4, -0.2) is 23.7 Å². The third kappa shape index (κ3) is 1.71. The van der Waals surface area contributed by atoms with E-state index in [0.29, 0.717) is 0 Å². The molecule has 3 heteroatoms. The van der Waals surface area contributed by atoms with Crippen molar-refractivity contribution in [1.29, 1.82) is 0 Å². The molecule has 0 bridgehead atoms. The first-order valence-corrected chi connectivity index (χ1v) is 4.08. The van der Waals surface area contributed by atoms with E-state index in [9.17, 15) is 9.90 Å². The molecule has 0 aromatic carbocycles. The number of amides is 1. The van der Waals surface area contributed by atoms with Crippen molar-refractivity contribution in [2.75, 3.05) is 6.54 Å². The lowest BCUT2D eigenvalue weighted by Crippen LogP contribution is -2.29. The van der Waals surface area contributed by atoms with Gasteiger partial charge in [0.15, 0.2) is 0 Å². The molecule has 3 atom stereocenters. The molecule has 0 aromatic heterocycles. The van der Waals surface area contributed by atoms with Crippen molar-refractivity contribution < 1.29 is 9.90 Å². The minimum atomic E-state index is -0.385. The number of aliphatic hydroxyl groups excluding tert-OH is 1. The summed E-state index contributed by atoms with van der Waals surface area (Å²) in [6, 6.07) is 0. The summed E-state index contributed by atoms with van der Waals surface area (Å²) >= 11 is 0. The van der Waals surface area contributed by atoms with Crippen LogP contribution in [-0.2, 0) is 4.79 Å². The molecule has 1 saturated heterocycles. The lowest BCUT2D eigenvalue weighted by molar-refractivity contribution is -0.124. The molecule has 0 radical (unpaired) electrons. The van der Waals surface area contributed by atoms with Gasteiger partial charge in [-0.25, -0.2) is 0 Å². The number of hydrogen-bond donors (Lipinski definition) is 2. The van der Waals surface area contributed by atoms with Crippen molar-refractivity contribution in [1.82, 2.24) is 5.32 Å². The lowest BCUT2D eigenvalue weighted by Gasteiger charge is -2.18. The van der Waals surface area contributed by atoms with Crippen LogP contribution in [0.5, 0.6) is 0 Å². The molecule has 1 amide bonds. The third-order valence-corrected chi connectivity index (χ3v) is 2.49. The summed E-state index contributed by atoms with van der Waals surface area (Å²) in [5.74, 6) is 0.200. The molecule has 1 heterocycles. The average molecular weight is 157 g/mol. The normalized spacial score (nSPS) is 29.7. The fourth-order valence-electron chi connectivity index (χ4n) is 1.45. The van der Waals surface area contributed by atoms with Crippen LogP contribution in [0.25, 0.3) is 0 Å². The predicted molar refractivity (Wildman–Crippen MR) is 42.0 cm³/mol. The van der Waals surface area contributed by atoms with E-state index in [-0.39, 0.29) is 23.8 Å². The molecule has 11 heavy (non-hydrogen) atoms. The van der Waals surface area contributed by atoms with Crippen LogP contribution in [0.3, 0.4) is 0 Å². The Bertz CT molecular complexity index is 156. The van der Waals surface area contributed by atoms with Gasteiger partial charge in [0, 0.05) is 12.5 Å². The highest BCUT2D eigenvalue weighted by Gasteiger charge is 2.31. The number of carbonyl (C=O) groups is 1. The van der Waals surface area contributed by atoms with Crippen LogP contribution < -0.4 is 5.32 Å². The van der Waals surface area contributed by atoms with Gasteiger partial charge < -0.3 is 10.4 Å². The Balaban J connectivity index is 2.52. The van der Waals surface area contributed by atoms with Crippen molar-refractivity contribution >= 4 is 5.91 Å². The van der Waals surface area contributed by atoms with E-state index in [2.05, 4.69) is 5.32 Å². The fraction of sp³-hybridized carbons (Fsp3) is 0.875. The third-order valence-electron chi connectivity index (χ3n) is 2.49. The zero-order chi connectivity index (χ0) is 8.43. The minimum absolute atomic E-state index is 0.0231. The molecule has 0 spiro atoms. The van der Waals surface area contributed by atoms with Gasteiger partial charge in [-0.3, -0.25) is 4.79 Å². The van der Waals surface area contributed by atoms with Crippen molar-refractivity contribution in [3.63, 3.8) is 0 Å². The topological polar surface area (TPSA) is 49.3 Å². The Kier molecular flexibility index (Phi) is 2.49. The van der Waals surface area contributed by atoms with Crippen LogP contribution in [0.15, 0.2) is 0 Å². The van der Waals surface area contributed by atoms with E-state index in [4.69, 9.17) is 0 Å². The highest BCUT2D eigenvalue weighted by Crippen LogP contribution is 2.22. The predicted octanol–water partition coefficient (Wildman–Crippen LogP) is 0.139. The molecule has 1 aliphatic heterocycles. The first-order valence-electron chi connectivity index (χ1n) is 4.08. The molecule has 64 valence electrons. The molecule has 0 aromatic rings. The van der Waals surface area contributed by atoms with E-state index in [1.807, 2.05) is 6.92 Å². The minimum Gasteiger partial charge on any atom is -0.393 e. The molecule has 0 saturated carbocycles. The summed E-state index contributed by atoms with van der Waals surface area (Å²) in [5.41, 5.74) is 0. The molecule has 3 nitrogen and oxygen atoms in total. The number of rotatable bonds is 2. The summed E-state index contributed by atoms with van der Waals surface area (Å²) in [5, 5.41) is 12.0. The summed E-state index contributed by atoms with van der Waals surface area (Å²) in [6.07, 6.45) is 0.481. The molecular weight excluding hydrogens is 142 g/mol. The van der Waals surface area contributed by atoms with E-state index < -0.39 is 0 Å². The highest BCUT2D eigenvalue weighted by molar-refractivity contribution is 5.80. The Morgan fingerprint density at radius 3 is 2.64 bits per heavy atom. The highest BCUT2D eigenvalue weighted by atomic mass is 16.3. The monoisotopic (exact) mass is 157 g/mol. The quantitative estimate of drug-likeness (QED) is 0.599. The summed E-state index contributed by atoms with van der Waals surface area (Å²) in [7, 11) is 0. The van der Waals surface area contributed by atoms with Gasteiger partial charge in [0.25, 0.3) is 0 Å². The van der Waals surface area contributed by atoms with Gasteiger partial charge in [0.05, 0.1) is 6.10 Å². The Hall–Kier alpha value is -0.570. The second-order valence-electron chi connectivity index (χ2n) is 3.29. The maximum atomic E-state index is 11.1. The second kappa shape index (κ2) is 3.22. The van der Waals surface area contributed by atoms with Gasteiger partial charge in [-0.2, -0.15) is 0 Å². The molecule has 3 unspecified atom stereocenters. The van der Waals surface area contributed by atoms with Crippen molar-refractivity contribution in [3.8, 4) is 0 Å². The fourth-order valence-corrected chi connectivity index (χ4v) is 1.45. The Labute approximate surface area is 66.8 Å². The SMILES string of the molecule is CC(O)C(C)C1CCNC1=O. The van der Waals surface area contributed by atoms with Gasteiger partial charge in [-0.1, -0.05) is 6.92 Å². The number of nitrogens with one attached hydrogen (secondary N) is 1. The van der Waals surface area contributed by atoms with Gasteiger partial charge in [-0.15, -0.1) is 0 Å². The number of carbonyl (C=O) groups excluding carboxylic acids is 1. The van der Waals surface area contributed by atoms with Crippen molar-refractivity contribution in [2.45, 2.75) is 26.4 Å². The molecular formula is C8H15NO2. The summed E-state index contributed by atoms with van der Waals surface area (Å²) in [4.78, 5) is 11.1. The van der Waals surface area contributed by atoms with Crippen LogP contribution in [0.4, 0.5) is 0 Å². The summed E-state index contributed by atoms with van der Waals surface area (Å²) in [6.45, 7) is 4.41. The Morgan fingerprint density at radius 1 is 1.64 bits per heavy atom. The first-order chi connectivity index (χ1) is 5.13. The van der Waals surface area contributed by atoms with Crippen molar-refractivity contribution in [2.24, 2.45) is 11.8 Å². The average Bonchev–Trinajstić information content (AvgIpc) is 2.33. The van der Waals surface area contributed by atoms with Gasteiger partial charge >= 0.3 is 0 Å². The van der Waals surface area contributed by atoms with E-state index in [0.717, 1.165) is 13.0 Å². The molecule has 0 aliphatic carbocycles. The van der Waals surface area contributed by atoms with Crippen LogP contribution in [0.2, 0.25) is 0 Å². The molecule has 1 fully saturated rings. The maximum Gasteiger partial charge on any atom is 0.223 e. The van der Waals surface area contributed by atoms with Gasteiger partial charge in [0.2, 0.25) is 5.91 Å². The van der Waals surface area contributed by atoms with Gasteiger partial charge in [0.1, 0.15) is 0 Å². The zero-order valence-electron chi connectivity index (χ0n) is 7.00. The van der Waals surface area contributed by atoms with Crippen LogP contribution in [0.1, 0.15) is 20.3 Å². The summed E-state index contributed by atoms with van der Waals surface area (Å²) < 4.78 is 0. The van der Waals surface area contributed by atoms with Crippen LogP contribution in [0, 0.1) is 11.8 Å². The molecule has 1 aliphatic rings. The maximum absolute atomic E-state index is 11.1. The second-order valence-corrected chi connectivity index (χ2v) is 3.29. The Morgan fingerprint density at radius 2 is 2.27 bits per heavy atom. The largest absolute Gasteiger partial charge is 0.393 e. The lowest BCUT2D eigenvalue weighted by atomic mass is 9.89. The van der Waals surface area contributed by atoms with E-state index in [1.54, 1.807) is 6.92 Å². The van der Waals surface area contributed by atoms with E-state index >= 15 is 0 Å². The molecule has 2 N–H and O–H groups in total. The standard InChI is InChI=1S/C8H15NO2/c1-5(6(2)10)7-3-4-9-8(7)11/h5-7,10H,3-4H2,1-2H3,(H,9,11). The zero-order valence-corrected chi connectivity index (χ0v) is 7.00. The van der Waals surface area contributed by atoms with E-state index in [1.165, 1.54) is 0 Å². The van der Waals surface area contributed by atoms with Crippen molar-refractivity contribution in [3.05, 3.63) is 0 Å². The smallest absolute Gasteiger partial charge is 0.223 e. The molecule has 1 rings (SSSR count). The first kappa shape index (κ1) is 8.53. The number of aliphatic hydroxyl groups is 1. The van der Waals surface area contributed by atoms with Gasteiger partial charge in [-0.05, 0) is 19.3 Å².